The van der Waals surface area contributed by atoms with Crippen molar-refractivity contribution in [1.82, 2.24) is 9.80 Å². The number of amides is 1. The van der Waals surface area contributed by atoms with Gasteiger partial charge in [0.25, 0.3) is 12.4 Å². The topological polar surface area (TPSA) is 70.1 Å². The summed E-state index contributed by atoms with van der Waals surface area (Å²) in [6.07, 6.45) is 6.39. The van der Waals surface area contributed by atoms with Crippen molar-refractivity contribution >= 4 is 12.4 Å². The van der Waals surface area contributed by atoms with E-state index >= 15 is 0 Å². The molecule has 0 radical (unpaired) electrons. The van der Waals surface area contributed by atoms with Crippen LogP contribution in [0.1, 0.15) is 56.3 Å². The van der Waals surface area contributed by atoms with Gasteiger partial charge < -0.3 is 19.6 Å². The SMILES string of the molecule is CC(C)Oc1cccc(C(=O)N2CCC(C3CCCCN3C)CC2)c1.O=CO. The molecule has 0 aliphatic carbocycles. The van der Waals surface area contributed by atoms with Crippen LogP contribution in [0.4, 0.5) is 0 Å². The first kappa shape index (κ1) is 22.2. The molecule has 1 aromatic carbocycles. The van der Waals surface area contributed by atoms with Crippen molar-refractivity contribution in [3.63, 3.8) is 0 Å². The Balaban J connectivity index is 0.000000878. The lowest BCUT2D eigenvalue weighted by molar-refractivity contribution is -0.122. The lowest BCUT2D eigenvalue weighted by Gasteiger charge is -2.42. The molecule has 2 aliphatic heterocycles. The van der Waals surface area contributed by atoms with E-state index in [0.717, 1.165) is 43.2 Å². The van der Waals surface area contributed by atoms with Crippen molar-refractivity contribution in [1.29, 1.82) is 0 Å². The Morgan fingerprint density at radius 3 is 2.46 bits per heavy atom. The average Bonchev–Trinajstić information content (AvgIpc) is 2.68. The number of nitrogens with zero attached hydrogens (tertiary/aromatic N) is 2. The summed E-state index contributed by atoms with van der Waals surface area (Å²) in [5, 5.41) is 6.89. The van der Waals surface area contributed by atoms with Gasteiger partial charge in [0.2, 0.25) is 0 Å². The number of hydrogen-bond donors (Lipinski definition) is 1. The molecule has 156 valence electrons. The molecule has 0 spiro atoms. The minimum atomic E-state index is -0.250. The van der Waals surface area contributed by atoms with Gasteiger partial charge in [-0.15, -0.1) is 0 Å². The van der Waals surface area contributed by atoms with E-state index in [0.29, 0.717) is 6.04 Å². The van der Waals surface area contributed by atoms with Gasteiger partial charge in [-0.2, -0.15) is 0 Å². The molecule has 6 nitrogen and oxygen atoms in total. The largest absolute Gasteiger partial charge is 0.491 e. The summed E-state index contributed by atoms with van der Waals surface area (Å²) >= 11 is 0. The van der Waals surface area contributed by atoms with E-state index in [9.17, 15) is 4.79 Å². The van der Waals surface area contributed by atoms with Crippen molar-refractivity contribution in [2.24, 2.45) is 5.92 Å². The maximum absolute atomic E-state index is 12.8. The number of benzene rings is 1. The van der Waals surface area contributed by atoms with E-state index in [1.807, 2.05) is 43.0 Å². The molecule has 1 amide bonds. The minimum Gasteiger partial charge on any atom is -0.491 e. The van der Waals surface area contributed by atoms with Gasteiger partial charge in [0.1, 0.15) is 5.75 Å². The molecular formula is C22H34N2O4. The lowest BCUT2D eigenvalue weighted by Crippen LogP contribution is -2.47. The molecule has 2 heterocycles. The monoisotopic (exact) mass is 390 g/mol. The molecule has 3 rings (SSSR count). The summed E-state index contributed by atoms with van der Waals surface area (Å²) < 4.78 is 5.72. The highest BCUT2D eigenvalue weighted by Crippen LogP contribution is 2.30. The number of ether oxygens (including phenoxy) is 1. The Kier molecular flexibility index (Phi) is 8.77. The summed E-state index contributed by atoms with van der Waals surface area (Å²) in [7, 11) is 2.27. The molecule has 6 heteroatoms. The summed E-state index contributed by atoms with van der Waals surface area (Å²) in [4.78, 5) is 25.8. The van der Waals surface area contributed by atoms with Crippen molar-refractivity contribution in [2.75, 3.05) is 26.7 Å². The summed E-state index contributed by atoms with van der Waals surface area (Å²) in [6, 6.07) is 8.32. The molecule has 1 N–H and O–H groups in total. The van der Waals surface area contributed by atoms with Gasteiger partial charge in [-0.05, 0) is 77.2 Å². The Labute approximate surface area is 168 Å². The highest BCUT2D eigenvalue weighted by molar-refractivity contribution is 5.94. The molecule has 1 unspecified atom stereocenters. The van der Waals surface area contributed by atoms with Crippen LogP contribution in [-0.4, -0.2) is 66.1 Å². The van der Waals surface area contributed by atoms with E-state index in [-0.39, 0.29) is 18.5 Å². The Bertz CT molecular complexity index is 627. The lowest BCUT2D eigenvalue weighted by atomic mass is 9.84. The standard InChI is InChI=1S/C21H32N2O2.CH2O2/c1-16(2)25-19-8-6-7-18(15-19)21(24)23-13-10-17(11-14-23)20-9-4-5-12-22(20)3;2-1-3/h6-8,15-17,20H,4-5,9-14H2,1-3H3;1H,(H,2,3). The number of piperidine rings is 2. The number of hydrogen-bond acceptors (Lipinski definition) is 4. The third kappa shape index (κ3) is 6.23. The molecule has 1 atom stereocenters. The van der Waals surface area contributed by atoms with Crippen molar-refractivity contribution in [2.45, 2.75) is 58.1 Å². The maximum atomic E-state index is 12.8. The van der Waals surface area contributed by atoms with E-state index in [1.165, 1.54) is 25.8 Å². The third-order valence-electron chi connectivity index (χ3n) is 5.65. The molecule has 2 aliphatic rings. The molecule has 0 aromatic heterocycles. The fourth-order valence-electron chi connectivity index (χ4n) is 4.34. The highest BCUT2D eigenvalue weighted by atomic mass is 16.5. The van der Waals surface area contributed by atoms with Crippen LogP contribution in [0, 0.1) is 5.92 Å². The second-order valence-electron chi connectivity index (χ2n) is 7.97. The minimum absolute atomic E-state index is 0.119. The van der Waals surface area contributed by atoms with E-state index in [4.69, 9.17) is 14.6 Å². The van der Waals surface area contributed by atoms with Gasteiger partial charge in [0.15, 0.2) is 0 Å². The Hall–Kier alpha value is -2.08. The molecule has 28 heavy (non-hydrogen) atoms. The van der Waals surface area contributed by atoms with Crippen molar-refractivity contribution in [3.8, 4) is 5.75 Å². The van der Waals surface area contributed by atoms with E-state index in [2.05, 4.69) is 11.9 Å². The fraction of sp³-hybridized carbons (Fsp3) is 0.636. The van der Waals surface area contributed by atoms with Gasteiger partial charge >= 0.3 is 0 Å². The van der Waals surface area contributed by atoms with Crippen LogP contribution < -0.4 is 4.74 Å². The second-order valence-corrected chi connectivity index (χ2v) is 7.97. The molecule has 1 aromatic rings. The first-order valence-corrected chi connectivity index (χ1v) is 10.3. The van der Waals surface area contributed by atoms with Gasteiger partial charge in [0.05, 0.1) is 6.10 Å². The molecule has 0 saturated carbocycles. The summed E-state index contributed by atoms with van der Waals surface area (Å²) in [5.41, 5.74) is 0.742. The normalized spacial score (nSPS) is 21.0. The zero-order valence-electron chi connectivity index (χ0n) is 17.3. The molecular weight excluding hydrogens is 356 g/mol. The second kappa shape index (κ2) is 11.1. The van der Waals surface area contributed by atoms with Crippen LogP contribution in [0.25, 0.3) is 0 Å². The average molecular weight is 391 g/mol. The first-order chi connectivity index (χ1) is 13.5. The predicted molar refractivity (Wildman–Crippen MR) is 110 cm³/mol. The smallest absolute Gasteiger partial charge is 0.290 e. The number of carbonyl (C=O) groups is 2. The number of carboxylic acid groups (broad SMARTS) is 1. The fourth-order valence-corrected chi connectivity index (χ4v) is 4.34. The van der Waals surface area contributed by atoms with Crippen LogP contribution in [0.15, 0.2) is 24.3 Å². The van der Waals surface area contributed by atoms with Crippen LogP contribution in [0.5, 0.6) is 5.75 Å². The number of carbonyl (C=O) groups excluding carboxylic acids is 1. The molecule has 2 fully saturated rings. The van der Waals surface area contributed by atoms with Gasteiger partial charge in [-0.3, -0.25) is 9.59 Å². The zero-order chi connectivity index (χ0) is 20.5. The highest BCUT2D eigenvalue weighted by Gasteiger charge is 2.32. The van der Waals surface area contributed by atoms with Gasteiger partial charge in [-0.1, -0.05) is 12.5 Å². The predicted octanol–water partition coefficient (Wildman–Crippen LogP) is 3.51. The van der Waals surface area contributed by atoms with E-state index in [1.54, 1.807) is 0 Å². The third-order valence-corrected chi connectivity index (χ3v) is 5.65. The van der Waals surface area contributed by atoms with Crippen LogP contribution in [0.3, 0.4) is 0 Å². The number of rotatable bonds is 4. The maximum Gasteiger partial charge on any atom is 0.290 e. The van der Waals surface area contributed by atoms with Crippen molar-refractivity contribution < 1.29 is 19.4 Å². The van der Waals surface area contributed by atoms with Gasteiger partial charge in [0, 0.05) is 24.7 Å². The molecule has 0 bridgehead atoms. The molecule has 2 saturated heterocycles. The van der Waals surface area contributed by atoms with E-state index < -0.39 is 0 Å². The summed E-state index contributed by atoms with van der Waals surface area (Å²) in [6.45, 7) is 6.74. The zero-order valence-corrected chi connectivity index (χ0v) is 17.3. The van der Waals surface area contributed by atoms with Crippen LogP contribution in [-0.2, 0) is 4.79 Å². The Morgan fingerprint density at radius 2 is 1.86 bits per heavy atom. The first-order valence-electron chi connectivity index (χ1n) is 10.3. The summed E-state index contributed by atoms with van der Waals surface area (Å²) in [5.74, 6) is 1.66. The van der Waals surface area contributed by atoms with Crippen LogP contribution in [0.2, 0.25) is 0 Å². The van der Waals surface area contributed by atoms with Crippen molar-refractivity contribution in [3.05, 3.63) is 29.8 Å². The van der Waals surface area contributed by atoms with Gasteiger partial charge in [-0.25, -0.2) is 0 Å². The Morgan fingerprint density at radius 1 is 1.18 bits per heavy atom. The van der Waals surface area contributed by atoms with Crippen LogP contribution >= 0.6 is 0 Å². The quantitative estimate of drug-likeness (QED) is 0.797. The number of likely N-dealkylation sites (tertiary alicyclic amines) is 2.